The van der Waals surface area contributed by atoms with Crippen molar-refractivity contribution < 1.29 is 5.21 Å². The molecule has 7 heteroatoms. The lowest BCUT2D eigenvalue weighted by Gasteiger charge is -2.25. The molecule has 0 aliphatic carbocycles. The number of H-pyrrole nitrogens is 1. The van der Waals surface area contributed by atoms with E-state index in [1.165, 1.54) is 5.06 Å². The summed E-state index contributed by atoms with van der Waals surface area (Å²) in [6.45, 7) is 1.18. The number of guanidine groups is 1. The highest BCUT2D eigenvalue weighted by atomic mass is 16.5. The molecule has 0 atom stereocenters. The van der Waals surface area contributed by atoms with E-state index < -0.39 is 0 Å². The van der Waals surface area contributed by atoms with Crippen LogP contribution < -0.4 is 16.6 Å². The molecule has 5 N–H and O–H groups in total. The predicted molar refractivity (Wildman–Crippen MR) is 68.7 cm³/mol. The summed E-state index contributed by atoms with van der Waals surface area (Å²) in [5.41, 5.74) is 5.89. The van der Waals surface area contributed by atoms with Gasteiger partial charge in [0.25, 0.3) is 5.56 Å². The highest BCUT2D eigenvalue weighted by molar-refractivity contribution is 5.92. The minimum absolute atomic E-state index is 0.0868. The van der Waals surface area contributed by atoms with Crippen molar-refractivity contribution in [1.29, 1.82) is 0 Å². The fourth-order valence-electron chi connectivity index (χ4n) is 1.87. The summed E-state index contributed by atoms with van der Waals surface area (Å²) in [7, 11) is 0. The van der Waals surface area contributed by atoms with Crippen LogP contribution in [-0.4, -0.2) is 40.3 Å². The number of aliphatic imine (C=N–C) groups is 1. The number of rotatable bonds is 2. The average Bonchev–Trinajstić information content (AvgIpc) is 2.35. The van der Waals surface area contributed by atoms with Gasteiger partial charge in [-0.05, 0) is 25.0 Å². The summed E-state index contributed by atoms with van der Waals surface area (Å²) in [6.07, 6.45) is 3.06. The molecule has 1 aliphatic rings. The minimum atomic E-state index is -0.235. The zero-order chi connectivity index (χ0) is 13.0. The number of hydrogen-bond donors (Lipinski definition) is 4. The molecule has 0 aromatic carbocycles. The Bertz CT molecular complexity index is 476. The van der Waals surface area contributed by atoms with Gasteiger partial charge < -0.3 is 21.2 Å². The minimum Gasteiger partial charge on any atom is -0.370 e. The summed E-state index contributed by atoms with van der Waals surface area (Å²) in [5.74, 6) is 0.225. The lowest BCUT2D eigenvalue weighted by atomic mass is 10.1. The Morgan fingerprint density at radius 2 is 2.28 bits per heavy atom. The molecule has 1 aromatic rings. The number of nitrogens with zero attached hydrogens (tertiary/aromatic N) is 2. The lowest BCUT2D eigenvalue weighted by Crippen LogP contribution is -2.35. The van der Waals surface area contributed by atoms with Gasteiger partial charge in [0.15, 0.2) is 5.96 Å². The van der Waals surface area contributed by atoms with Crippen molar-refractivity contribution >= 4 is 11.6 Å². The second kappa shape index (κ2) is 5.65. The molecule has 18 heavy (non-hydrogen) atoms. The van der Waals surface area contributed by atoms with Crippen LogP contribution in [-0.2, 0) is 0 Å². The maximum Gasteiger partial charge on any atom is 0.271 e. The summed E-state index contributed by atoms with van der Waals surface area (Å²) in [6, 6.07) is 3.43. The third kappa shape index (κ3) is 3.31. The number of pyridine rings is 1. The number of nitrogens with two attached hydrogens (primary N) is 1. The predicted octanol–water partition coefficient (Wildman–Crippen LogP) is -0.0449. The smallest absolute Gasteiger partial charge is 0.271 e. The highest BCUT2D eigenvalue weighted by Crippen LogP contribution is 2.11. The molecule has 0 amide bonds. The van der Waals surface area contributed by atoms with E-state index in [1.807, 2.05) is 0 Å². The number of anilines is 1. The zero-order valence-electron chi connectivity index (χ0n) is 9.97. The van der Waals surface area contributed by atoms with Gasteiger partial charge in [0, 0.05) is 19.3 Å². The monoisotopic (exact) mass is 251 g/mol. The first-order valence-corrected chi connectivity index (χ1v) is 5.87. The van der Waals surface area contributed by atoms with E-state index in [1.54, 1.807) is 18.3 Å². The van der Waals surface area contributed by atoms with E-state index in [0.29, 0.717) is 18.8 Å². The molecule has 0 spiro atoms. The molecule has 1 aliphatic heterocycles. The molecule has 0 radical (unpaired) electrons. The van der Waals surface area contributed by atoms with Crippen molar-refractivity contribution in [3.05, 3.63) is 28.7 Å². The lowest BCUT2D eigenvalue weighted by molar-refractivity contribution is -0.105. The fraction of sp³-hybridized carbons (Fsp3) is 0.455. The van der Waals surface area contributed by atoms with Crippen molar-refractivity contribution in [2.75, 3.05) is 18.4 Å². The van der Waals surface area contributed by atoms with Crippen LogP contribution in [0.5, 0.6) is 0 Å². The molecule has 7 nitrogen and oxygen atoms in total. The summed E-state index contributed by atoms with van der Waals surface area (Å²) in [4.78, 5) is 18.3. The molecule has 0 saturated carbocycles. The van der Waals surface area contributed by atoms with Crippen LogP contribution in [0.2, 0.25) is 0 Å². The van der Waals surface area contributed by atoms with Gasteiger partial charge in [-0.15, -0.1) is 0 Å². The maximum absolute atomic E-state index is 11.4. The second-order valence-corrected chi connectivity index (χ2v) is 4.24. The van der Waals surface area contributed by atoms with Crippen LogP contribution in [0.3, 0.4) is 0 Å². The number of aromatic amines is 1. The second-order valence-electron chi connectivity index (χ2n) is 4.24. The van der Waals surface area contributed by atoms with Gasteiger partial charge >= 0.3 is 0 Å². The SMILES string of the molecule is NC(=NC1CCN(O)CC1)Nc1ccc[nH]c1=O. The van der Waals surface area contributed by atoms with Gasteiger partial charge in [-0.2, -0.15) is 5.06 Å². The summed E-state index contributed by atoms with van der Waals surface area (Å²) >= 11 is 0. The van der Waals surface area contributed by atoms with Crippen LogP contribution in [0.1, 0.15) is 12.8 Å². The third-order valence-corrected chi connectivity index (χ3v) is 2.84. The molecule has 2 heterocycles. The molecule has 1 aromatic heterocycles. The van der Waals surface area contributed by atoms with Crippen molar-refractivity contribution in [1.82, 2.24) is 10.0 Å². The largest absolute Gasteiger partial charge is 0.370 e. The van der Waals surface area contributed by atoms with Gasteiger partial charge in [-0.25, -0.2) is 4.99 Å². The zero-order valence-corrected chi connectivity index (χ0v) is 9.97. The van der Waals surface area contributed by atoms with E-state index in [0.717, 1.165) is 12.8 Å². The molecular formula is C11H17N5O2. The van der Waals surface area contributed by atoms with Crippen molar-refractivity contribution in [3.63, 3.8) is 0 Å². The quantitative estimate of drug-likeness (QED) is 0.435. The molecular weight excluding hydrogens is 234 g/mol. The third-order valence-electron chi connectivity index (χ3n) is 2.84. The van der Waals surface area contributed by atoms with Crippen molar-refractivity contribution in [2.45, 2.75) is 18.9 Å². The van der Waals surface area contributed by atoms with Crippen molar-refractivity contribution in [2.24, 2.45) is 10.7 Å². The number of aromatic nitrogens is 1. The molecule has 98 valence electrons. The van der Waals surface area contributed by atoms with Crippen molar-refractivity contribution in [3.8, 4) is 0 Å². The average molecular weight is 251 g/mol. The molecule has 1 saturated heterocycles. The Morgan fingerprint density at radius 3 is 2.94 bits per heavy atom. The van der Waals surface area contributed by atoms with Crippen LogP contribution in [0.15, 0.2) is 28.1 Å². The first kappa shape index (κ1) is 12.6. The van der Waals surface area contributed by atoms with E-state index in [9.17, 15) is 10.0 Å². The summed E-state index contributed by atoms with van der Waals surface area (Å²) in [5, 5.41) is 13.3. The molecule has 0 unspecified atom stereocenters. The highest BCUT2D eigenvalue weighted by Gasteiger charge is 2.17. The first-order chi connectivity index (χ1) is 8.65. The van der Waals surface area contributed by atoms with Crippen LogP contribution in [0, 0.1) is 0 Å². The Balaban J connectivity index is 1.97. The normalized spacial score (nSPS) is 18.8. The Kier molecular flexibility index (Phi) is 3.96. The Morgan fingerprint density at radius 1 is 1.56 bits per heavy atom. The molecule has 1 fully saturated rings. The van der Waals surface area contributed by atoms with E-state index in [2.05, 4.69) is 15.3 Å². The van der Waals surface area contributed by atoms with E-state index in [-0.39, 0.29) is 17.6 Å². The van der Waals surface area contributed by atoms with Gasteiger partial charge in [-0.1, -0.05) is 0 Å². The van der Waals surface area contributed by atoms with E-state index in [4.69, 9.17) is 5.73 Å². The van der Waals surface area contributed by atoms with Gasteiger partial charge in [0.1, 0.15) is 5.69 Å². The topological polar surface area (TPSA) is 107 Å². The van der Waals surface area contributed by atoms with Gasteiger partial charge in [0.2, 0.25) is 0 Å². The number of piperidine rings is 1. The maximum atomic E-state index is 11.4. The van der Waals surface area contributed by atoms with Gasteiger partial charge in [0.05, 0.1) is 6.04 Å². The number of hydrogen-bond acceptors (Lipinski definition) is 4. The first-order valence-electron chi connectivity index (χ1n) is 5.87. The van der Waals surface area contributed by atoms with Gasteiger partial charge in [-0.3, -0.25) is 4.79 Å². The van der Waals surface area contributed by atoms with Crippen LogP contribution in [0.25, 0.3) is 0 Å². The number of nitrogens with one attached hydrogen (secondary N) is 2. The van der Waals surface area contributed by atoms with Crippen LogP contribution in [0.4, 0.5) is 5.69 Å². The number of hydroxylamine groups is 2. The Hall–Kier alpha value is -1.86. The fourth-order valence-corrected chi connectivity index (χ4v) is 1.87. The Labute approximate surface area is 104 Å². The van der Waals surface area contributed by atoms with E-state index >= 15 is 0 Å². The van der Waals surface area contributed by atoms with Crippen LogP contribution >= 0.6 is 0 Å². The molecule has 2 rings (SSSR count). The molecule has 0 bridgehead atoms. The standard InChI is InChI=1S/C11H17N5O2/c12-11(14-8-3-6-16(18)7-4-8)15-9-2-1-5-13-10(9)17/h1-2,5,8,18H,3-4,6-7H2,(H,13,17)(H3,12,14,15). The summed E-state index contributed by atoms with van der Waals surface area (Å²) < 4.78 is 0.